The van der Waals surface area contributed by atoms with Crippen LogP contribution in [0.2, 0.25) is 5.02 Å². The summed E-state index contributed by atoms with van der Waals surface area (Å²) in [5.74, 6) is 1.27. The summed E-state index contributed by atoms with van der Waals surface area (Å²) in [5, 5.41) is 8.19. The van der Waals surface area contributed by atoms with Crippen molar-refractivity contribution < 1.29 is 4.52 Å². The van der Waals surface area contributed by atoms with E-state index in [4.69, 9.17) is 16.1 Å². The van der Waals surface area contributed by atoms with Gasteiger partial charge in [0.25, 0.3) is 0 Å². The zero-order chi connectivity index (χ0) is 16.1. The average molecular weight is 335 g/mol. The van der Waals surface area contributed by atoms with E-state index >= 15 is 0 Å². The lowest BCUT2D eigenvalue weighted by Crippen LogP contribution is -2.43. The Labute approximate surface area is 142 Å². The Bertz CT molecular complexity index is 625. The summed E-state index contributed by atoms with van der Waals surface area (Å²) in [5.41, 5.74) is 0.886. The van der Waals surface area contributed by atoms with Crippen molar-refractivity contribution in [1.29, 1.82) is 0 Å². The Kier molecular flexibility index (Phi) is 5.65. The highest BCUT2D eigenvalue weighted by molar-refractivity contribution is 6.30. The van der Waals surface area contributed by atoms with Gasteiger partial charge >= 0.3 is 0 Å². The van der Waals surface area contributed by atoms with Gasteiger partial charge in [-0.05, 0) is 51.0 Å². The first-order chi connectivity index (χ1) is 11.3. The van der Waals surface area contributed by atoms with Gasteiger partial charge in [0, 0.05) is 16.6 Å². The highest BCUT2D eigenvalue weighted by Crippen LogP contribution is 2.21. The third-order valence-electron chi connectivity index (χ3n) is 4.23. The number of hydrogen-bond acceptors (Lipinski definition) is 5. The van der Waals surface area contributed by atoms with E-state index in [2.05, 4.69) is 27.3 Å². The van der Waals surface area contributed by atoms with E-state index in [-0.39, 0.29) is 0 Å². The second-order valence-corrected chi connectivity index (χ2v) is 6.41. The lowest BCUT2D eigenvalue weighted by molar-refractivity contribution is 0.137. The van der Waals surface area contributed by atoms with Crippen molar-refractivity contribution in [3.8, 4) is 11.4 Å². The number of nitrogens with zero attached hydrogens (tertiary/aromatic N) is 3. The first kappa shape index (κ1) is 16.4. The van der Waals surface area contributed by atoms with Crippen LogP contribution < -0.4 is 5.32 Å². The number of benzene rings is 1. The molecule has 0 saturated carbocycles. The molecule has 2 heterocycles. The second-order valence-electron chi connectivity index (χ2n) is 5.97. The molecule has 5 nitrogen and oxygen atoms in total. The van der Waals surface area contributed by atoms with Crippen LogP contribution in [0.25, 0.3) is 11.4 Å². The van der Waals surface area contributed by atoms with Gasteiger partial charge in [-0.2, -0.15) is 4.98 Å². The predicted molar refractivity (Wildman–Crippen MR) is 91.3 cm³/mol. The molecule has 0 aliphatic carbocycles. The van der Waals surface area contributed by atoms with Crippen molar-refractivity contribution in [2.24, 2.45) is 0 Å². The number of nitrogens with one attached hydrogen (secondary N) is 1. The molecule has 3 rings (SSSR count). The van der Waals surface area contributed by atoms with E-state index in [1.54, 1.807) is 0 Å². The Balaban J connectivity index is 1.71. The van der Waals surface area contributed by atoms with Gasteiger partial charge in [0.15, 0.2) is 0 Å². The van der Waals surface area contributed by atoms with Gasteiger partial charge in [0.1, 0.15) is 0 Å². The highest BCUT2D eigenvalue weighted by Gasteiger charge is 2.22. The molecular formula is C17H23ClN4O. The molecule has 0 spiro atoms. The van der Waals surface area contributed by atoms with Gasteiger partial charge in [-0.1, -0.05) is 35.8 Å². The number of rotatable bonds is 6. The molecule has 1 N–H and O–H groups in total. The SMILES string of the molecule is CCCN(Cc1nc(-c2cccc(Cl)c2)no1)C1CCNCC1. The maximum absolute atomic E-state index is 6.03. The molecule has 23 heavy (non-hydrogen) atoms. The summed E-state index contributed by atoms with van der Waals surface area (Å²) >= 11 is 6.03. The molecule has 1 aliphatic heterocycles. The van der Waals surface area contributed by atoms with Crippen LogP contribution in [0.3, 0.4) is 0 Å². The molecule has 1 aromatic heterocycles. The smallest absolute Gasteiger partial charge is 0.241 e. The third-order valence-corrected chi connectivity index (χ3v) is 4.46. The monoisotopic (exact) mass is 334 g/mol. The number of halogens is 1. The lowest BCUT2D eigenvalue weighted by Gasteiger charge is -2.33. The topological polar surface area (TPSA) is 54.2 Å². The van der Waals surface area contributed by atoms with E-state index in [1.165, 1.54) is 12.8 Å². The van der Waals surface area contributed by atoms with E-state index in [1.807, 2.05) is 24.3 Å². The van der Waals surface area contributed by atoms with E-state index in [0.29, 0.717) is 29.3 Å². The van der Waals surface area contributed by atoms with E-state index in [9.17, 15) is 0 Å². The van der Waals surface area contributed by atoms with Crippen LogP contribution in [-0.2, 0) is 6.54 Å². The van der Waals surface area contributed by atoms with Crippen molar-refractivity contribution in [2.45, 2.75) is 38.8 Å². The fourth-order valence-corrected chi connectivity index (χ4v) is 3.28. The van der Waals surface area contributed by atoms with Crippen molar-refractivity contribution in [1.82, 2.24) is 20.4 Å². The van der Waals surface area contributed by atoms with Crippen LogP contribution in [-0.4, -0.2) is 40.7 Å². The fraction of sp³-hybridized carbons (Fsp3) is 0.529. The van der Waals surface area contributed by atoms with Crippen LogP contribution in [0, 0.1) is 0 Å². The standard InChI is InChI=1S/C17H23ClN4O/c1-2-10-22(15-6-8-19-9-7-15)12-16-20-17(21-23-16)13-4-3-5-14(18)11-13/h3-5,11,15,19H,2,6-10,12H2,1H3. The number of hydrogen-bond donors (Lipinski definition) is 1. The van der Waals surface area contributed by atoms with Crippen molar-refractivity contribution >= 4 is 11.6 Å². The maximum Gasteiger partial charge on any atom is 0.241 e. The molecule has 0 unspecified atom stereocenters. The minimum absolute atomic E-state index is 0.595. The first-order valence-electron chi connectivity index (χ1n) is 8.29. The van der Waals surface area contributed by atoms with E-state index in [0.717, 1.165) is 31.6 Å². The molecule has 0 amide bonds. The van der Waals surface area contributed by atoms with Crippen LogP contribution >= 0.6 is 11.6 Å². The first-order valence-corrected chi connectivity index (χ1v) is 8.67. The largest absolute Gasteiger partial charge is 0.338 e. The molecule has 0 bridgehead atoms. The Hall–Kier alpha value is -1.43. The summed E-state index contributed by atoms with van der Waals surface area (Å²) in [6, 6.07) is 8.13. The quantitative estimate of drug-likeness (QED) is 0.878. The van der Waals surface area contributed by atoms with Crippen molar-refractivity contribution in [3.63, 3.8) is 0 Å². The predicted octanol–water partition coefficient (Wildman–Crippen LogP) is 3.35. The van der Waals surface area contributed by atoms with Crippen molar-refractivity contribution in [3.05, 3.63) is 35.2 Å². The Morgan fingerprint density at radius 1 is 1.35 bits per heavy atom. The average Bonchev–Trinajstić information content (AvgIpc) is 3.04. The summed E-state index contributed by atoms with van der Waals surface area (Å²) in [4.78, 5) is 7.01. The number of aromatic nitrogens is 2. The Morgan fingerprint density at radius 2 is 2.17 bits per heavy atom. The molecule has 1 fully saturated rings. The number of piperidine rings is 1. The summed E-state index contributed by atoms with van der Waals surface area (Å²) < 4.78 is 5.47. The van der Waals surface area contributed by atoms with Crippen LogP contribution in [0.5, 0.6) is 0 Å². The lowest BCUT2D eigenvalue weighted by atomic mass is 10.0. The summed E-state index contributed by atoms with van der Waals surface area (Å²) in [6.45, 7) is 6.15. The maximum atomic E-state index is 6.03. The van der Waals surface area contributed by atoms with Crippen molar-refractivity contribution in [2.75, 3.05) is 19.6 Å². The third kappa shape index (κ3) is 4.31. The van der Waals surface area contributed by atoms with Crippen LogP contribution in [0.4, 0.5) is 0 Å². The highest BCUT2D eigenvalue weighted by atomic mass is 35.5. The molecule has 124 valence electrons. The van der Waals surface area contributed by atoms with Gasteiger partial charge in [-0.15, -0.1) is 0 Å². The summed E-state index contributed by atoms with van der Waals surface area (Å²) in [7, 11) is 0. The van der Waals surface area contributed by atoms with Gasteiger partial charge in [0.05, 0.1) is 6.54 Å². The molecule has 2 aromatic rings. The summed E-state index contributed by atoms with van der Waals surface area (Å²) in [6.07, 6.45) is 3.48. The molecule has 1 saturated heterocycles. The van der Waals surface area contributed by atoms with Gasteiger partial charge in [0.2, 0.25) is 11.7 Å². The molecule has 1 aliphatic rings. The zero-order valence-corrected chi connectivity index (χ0v) is 14.2. The zero-order valence-electron chi connectivity index (χ0n) is 13.5. The fourth-order valence-electron chi connectivity index (χ4n) is 3.09. The molecule has 6 heteroatoms. The minimum atomic E-state index is 0.595. The van der Waals surface area contributed by atoms with Crippen LogP contribution in [0.1, 0.15) is 32.1 Å². The van der Waals surface area contributed by atoms with Crippen LogP contribution in [0.15, 0.2) is 28.8 Å². The van der Waals surface area contributed by atoms with Gasteiger partial charge < -0.3 is 9.84 Å². The van der Waals surface area contributed by atoms with Gasteiger partial charge in [-0.25, -0.2) is 0 Å². The molecule has 0 radical (unpaired) electrons. The van der Waals surface area contributed by atoms with E-state index < -0.39 is 0 Å². The molecular weight excluding hydrogens is 312 g/mol. The minimum Gasteiger partial charge on any atom is -0.338 e. The normalized spacial score (nSPS) is 16.1. The molecule has 0 atom stereocenters. The molecule has 1 aromatic carbocycles. The Morgan fingerprint density at radius 3 is 2.91 bits per heavy atom. The second kappa shape index (κ2) is 7.90. The van der Waals surface area contributed by atoms with Gasteiger partial charge in [-0.3, -0.25) is 4.90 Å².